The molecule has 0 atom stereocenters. The van der Waals surface area contributed by atoms with E-state index in [0.29, 0.717) is 24.3 Å². The molecule has 0 aliphatic carbocycles. The fourth-order valence-corrected chi connectivity index (χ4v) is 4.20. The topological polar surface area (TPSA) is 106 Å². The Balaban J connectivity index is 1.55. The summed E-state index contributed by atoms with van der Waals surface area (Å²) >= 11 is 0. The second-order valence-electron chi connectivity index (χ2n) is 6.00. The number of benzene rings is 1. The van der Waals surface area contributed by atoms with Gasteiger partial charge in [-0.25, -0.2) is 13.2 Å². The van der Waals surface area contributed by atoms with Gasteiger partial charge in [-0.15, -0.1) is 0 Å². The zero-order valence-electron chi connectivity index (χ0n) is 14.5. The molecule has 3 rings (SSSR count). The number of nitrogens with one attached hydrogen (secondary N) is 1. The van der Waals surface area contributed by atoms with Crippen LogP contribution in [0.1, 0.15) is 23.2 Å². The van der Waals surface area contributed by atoms with Gasteiger partial charge in [0.25, 0.3) is 5.91 Å². The van der Waals surface area contributed by atoms with Crippen LogP contribution in [-0.2, 0) is 19.6 Å². The predicted octanol–water partition coefficient (Wildman–Crippen LogP) is 1.66. The van der Waals surface area contributed by atoms with Crippen LogP contribution in [0.5, 0.6) is 0 Å². The maximum Gasteiger partial charge on any atom is 0.338 e. The second-order valence-corrected chi connectivity index (χ2v) is 7.93. The Morgan fingerprint density at radius 2 is 1.67 bits per heavy atom. The third-order valence-electron chi connectivity index (χ3n) is 4.09. The number of aromatic nitrogens is 1. The average Bonchev–Trinajstić information content (AvgIpc) is 3.23. The molecule has 0 bridgehead atoms. The highest BCUT2D eigenvalue weighted by atomic mass is 32.2. The lowest BCUT2D eigenvalue weighted by Gasteiger charge is -2.15. The molecular formula is C18H19N3O5S. The summed E-state index contributed by atoms with van der Waals surface area (Å²) in [6.07, 6.45) is 4.64. The maximum absolute atomic E-state index is 12.5. The quantitative estimate of drug-likeness (QED) is 0.753. The van der Waals surface area contributed by atoms with Crippen molar-refractivity contribution in [1.82, 2.24) is 9.29 Å². The molecule has 1 aromatic carbocycles. The van der Waals surface area contributed by atoms with E-state index in [9.17, 15) is 18.0 Å². The number of sulfonamides is 1. The van der Waals surface area contributed by atoms with Crippen molar-refractivity contribution >= 4 is 27.6 Å². The summed E-state index contributed by atoms with van der Waals surface area (Å²) in [6, 6.07) is 8.88. The third-order valence-corrected chi connectivity index (χ3v) is 6.00. The number of carbonyl (C=O) groups excluding carboxylic acids is 2. The van der Waals surface area contributed by atoms with Gasteiger partial charge in [0.2, 0.25) is 10.0 Å². The van der Waals surface area contributed by atoms with Gasteiger partial charge < -0.3 is 10.1 Å². The third kappa shape index (κ3) is 4.69. The van der Waals surface area contributed by atoms with Gasteiger partial charge in [-0.2, -0.15) is 4.31 Å². The Morgan fingerprint density at radius 3 is 2.30 bits per heavy atom. The van der Waals surface area contributed by atoms with Crippen LogP contribution in [0.3, 0.4) is 0 Å². The first-order valence-electron chi connectivity index (χ1n) is 8.44. The molecule has 1 N–H and O–H groups in total. The minimum Gasteiger partial charge on any atom is -0.452 e. The first kappa shape index (κ1) is 19.0. The van der Waals surface area contributed by atoms with Gasteiger partial charge in [0.05, 0.1) is 10.5 Å². The molecule has 2 aromatic rings. The largest absolute Gasteiger partial charge is 0.452 e. The second kappa shape index (κ2) is 8.28. The van der Waals surface area contributed by atoms with Crippen molar-refractivity contribution < 1.29 is 22.7 Å². The molecule has 1 saturated heterocycles. The van der Waals surface area contributed by atoms with E-state index < -0.39 is 28.5 Å². The molecule has 9 heteroatoms. The highest BCUT2D eigenvalue weighted by molar-refractivity contribution is 7.89. The number of amides is 1. The van der Waals surface area contributed by atoms with Gasteiger partial charge >= 0.3 is 5.97 Å². The summed E-state index contributed by atoms with van der Waals surface area (Å²) in [4.78, 5) is 27.7. The van der Waals surface area contributed by atoms with Crippen LogP contribution < -0.4 is 5.32 Å². The highest BCUT2D eigenvalue weighted by Gasteiger charge is 2.26. The summed E-state index contributed by atoms with van der Waals surface area (Å²) in [5.41, 5.74) is 0.717. The number of hydrogen-bond acceptors (Lipinski definition) is 6. The number of carbonyl (C=O) groups is 2. The highest BCUT2D eigenvalue weighted by Crippen LogP contribution is 2.22. The molecule has 0 unspecified atom stereocenters. The lowest BCUT2D eigenvalue weighted by atomic mass is 10.3. The van der Waals surface area contributed by atoms with Crippen LogP contribution in [0.2, 0.25) is 0 Å². The van der Waals surface area contributed by atoms with E-state index in [1.807, 2.05) is 0 Å². The van der Waals surface area contributed by atoms with Crippen LogP contribution in [0, 0.1) is 0 Å². The normalized spacial score (nSPS) is 14.7. The van der Waals surface area contributed by atoms with Crippen LogP contribution in [0.15, 0.2) is 53.7 Å². The molecule has 2 heterocycles. The summed E-state index contributed by atoms with van der Waals surface area (Å²) in [5, 5.41) is 2.56. The van der Waals surface area contributed by atoms with Crippen molar-refractivity contribution in [3.05, 3.63) is 54.4 Å². The smallest absolute Gasteiger partial charge is 0.338 e. The van der Waals surface area contributed by atoms with Crippen LogP contribution in [0.4, 0.5) is 5.69 Å². The van der Waals surface area contributed by atoms with E-state index in [0.717, 1.165) is 12.8 Å². The standard InChI is InChI=1S/C18H19N3O5S/c22-17(13-26-18(23)14-7-9-19-10-8-14)20-15-3-5-16(6-4-15)27(24,25)21-11-1-2-12-21/h3-10H,1-2,11-13H2,(H,20,22). The number of hydrogen-bond donors (Lipinski definition) is 1. The van der Waals surface area contributed by atoms with Crippen molar-refractivity contribution in [2.45, 2.75) is 17.7 Å². The SMILES string of the molecule is O=C(COC(=O)c1ccncc1)Nc1ccc(S(=O)(=O)N2CCCC2)cc1. The number of pyridine rings is 1. The predicted molar refractivity (Wildman–Crippen MR) is 97.6 cm³/mol. The Kier molecular flexibility index (Phi) is 5.82. The Morgan fingerprint density at radius 1 is 1.04 bits per heavy atom. The number of rotatable bonds is 6. The first-order valence-corrected chi connectivity index (χ1v) is 9.88. The molecular weight excluding hydrogens is 370 g/mol. The van der Waals surface area contributed by atoms with Gasteiger partial charge in [-0.3, -0.25) is 9.78 Å². The zero-order chi connectivity index (χ0) is 19.3. The lowest BCUT2D eigenvalue weighted by Crippen LogP contribution is -2.27. The Labute approximate surface area is 157 Å². The zero-order valence-corrected chi connectivity index (χ0v) is 15.3. The summed E-state index contributed by atoms with van der Waals surface area (Å²) in [7, 11) is -3.49. The fourth-order valence-electron chi connectivity index (χ4n) is 2.69. The van der Waals surface area contributed by atoms with Gasteiger partial charge in [0.15, 0.2) is 6.61 Å². The van der Waals surface area contributed by atoms with Gasteiger partial charge in [-0.1, -0.05) is 0 Å². The van der Waals surface area contributed by atoms with Gasteiger partial charge in [0, 0.05) is 31.2 Å². The number of ether oxygens (including phenoxy) is 1. The molecule has 8 nitrogen and oxygen atoms in total. The molecule has 1 aliphatic heterocycles. The number of esters is 1. The van der Waals surface area contributed by atoms with E-state index in [-0.39, 0.29) is 4.90 Å². The molecule has 27 heavy (non-hydrogen) atoms. The Hall–Kier alpha value is -2.78. The summed E-state index contributed by atoms with van der Waals surface area (Å²) < 4.78 is 31.3. The van der Waals surface area contributed by atoms with Crippen molar-refractivity contribution in [3.8, 4) is 0 Å². The van der Waals surface area contributed by atoms with Crippen molar-refractivity contribution in [3.63, 3.8) is 0 Å². The minimum atomic E-state index is -3.49. The van der Waals surface area contributed by atoms with Crippen LogP contribution in [0.25, 0.3) is 0 Å². The van der Waals surface area contributed by atoms with Crippen molar-refractivity contribution in [1.29, 1.82) is 0 Å². The monoisotopic (exact) mass is 389 g/mol. The van der Waals surface area contributed by atoms with Gasteiger partial charge in [-0.05, 0) is 49.2 Å². The molecule has 1 amide bonds. The number of anilines is 1. The molecule has 1 fully saturated rings. The van der Waals surface area contributed by atoms with E-state index in [2.05, 4.69) is 10.3 Å². The minimum absolute atomic E-state index is 0.187. The Bertz CT molecular complexity index is 908. The summed E-state index contributed by atoms with van der Waals surface area (Å²) in [5.74, 6) is -1.15. The van der Waals surface area contributed by atoms with Crippen molar-refractivity contribution in [2.24, 2.45) is 0 Å². The van der Waals surface area contributed by atoms with Gasteiger partial charge in [0.1, 0.15) is 0 Å². The number of nitrogens with zero attached hydrogens (tertiary/aromatic N) is 2. The van der Waals surface area contributed by atoms with E-state index in [1.165, 1.54) is 53.1 Å². The molecule has 142 valence electrons. The first-order chi connectivity index (χ1) is 13.0. The molecule has 1 aliphatic rings. The molecule has 1 aromatic heterocycles. The van der Waals surface area contributed by atoms with E-state index in [4.69, 9.17) is 4.74 Å². The average molecular weight is 389 g/mol. The molecule has 0 spiro atoms. The van der Waals surface area contributed by atoms with Crippen molar-refractivity contribution in [2.75, 3.05) is 25.0 Å². The van der Waals surface area contributed by atoms with E-state index in [1.54, 1.807) is 0 Å². The van der Waals surface area contributed by atoms with E-state index >= 15 is 0 Å². The van der Waals surface area contributed by atoms with Crippen LogP contribution >= 0.6 is 0 Å². The summed E-state index contributed by atoms with van der Waals surface area (Å²) in [6.45, 7) is 0.613. The molecule has 0 radical (unpaired) electrons. The lowest BCUT2D eigenvalue weighted by molar-refractivity contribution is -0.119. The molecule has 0 saturated carbocycles. The fraction of sp³-hybridized carbons (Fsp3) is 0.278. The van der Waals surface area contributed by atoms with Crippen LogP contribution in [-0.4, -0.2) is 49.3 Å². The maximum atomic E-state index is 12.5.